The standard InChI is InChI=1S/C33H38O6/c1-5-9-20-15-23(34)18-29(25(20)11-7-3)33(28-14-13-22(31(36)37)17-27(28)32(38)39-33)30-19-24(35)16-21(10-6-2)26(30)12-8-4/h13-19,34-35H,5-12H2,1-4H3,(H,36,37). The summed E-state index contributed by atoms with van der Waals surface area (Å²) in [5, 5.41) is 31.6. The average molecular weight is 531 g/mol. The summed E-state index contributed by atoms with van der Waals surface area (Å²) in [5.41, 5.74) is 4.55. The van der Waals surface area contributed by atoms with Crippen LogP contribution in [0, 0.1) is 0 Å². The summed E-state index contributed by atoms with van der Waals surface area (Å²) >= 11 is 0. The highest BCUT2D eigenvalue weighted by atomic mass is 16.6. The second-order valence-corrected chi connectivity index (χ2v) is 10.4. The minimum absolute atomic E-state index is 0.00535. The first-order valence-electron chi connectivity index (χ1n) is 14.0. The second kappa shape index (κ2) is 11.5. The van der Waals surface area contributed by atoms with Gasteiger partial charge in [0, 0.05) is 16.7 Å². The lowest BCUT2D eigenvalue weighted by Gasteiger charge is -2.35. The maximum atomic E-state index is 13.6. The first kappa shape index (κ1) is 28.2. The first-order valence-corrected chi connectivity index (χ1v) is 14.0. The van der Waals surface area contributed by atoms with E-state index in [4.69, 9.17) is 4.74 Å². The number of phenolic OH excluding ortho intramolecular Hbond substituents is 2. The molecule has 3 aromatic carbocycles. The van der Waals surface area contributed by atoms with Gasteiger partial charge in [-0.2, -0.15) is 0 Å². The molecule has 3 aromatic rings. The summed E-state index contributed by atoms with van der Waals surface area (Å²) in [6.45, 7) is 8.34. The number of fused-ring (bicyclic) bond motifs is 1. The second-order valence-electron chi connectivity index (χ2n) is 10.4. The van der Waals surface area contributed by atoms with E-state index >= 15 is 0 Å². The Morgan fingerprint density at radius 1 is 0.718 bits per heavy atom. The number of carboxylic acids is 1. The molecule has 6 heteroatoms. The van der Waals surface area contributed by atoms with Crippen molar-refractivity contribution in [3.8, 4) is 11.5 Å². The molecule has 0 spiro atoms. The Labute approximate surface area is 230 Å². The number of ether oxygens (including phenoxy) is 1. The zero-order chi connectivity index (χ0) is 28.3. The van der Waals surface area contributed by atoms with Crippen LogP contribution in [0.1, 0.15) is 113 Å². The average Bonchev–Trinajstić information content (AvgIpc) is 3.19. The topological polar surface area (TPSA) is 104 Å². The Morgan fingerprint density at radius 2 is 1.21 bits per heavy atom. The van der Waals surface area contributed by atoms with Crippen molar-refractivity contribution in [1.82, 2.24) is 0 Å². The van der Waals surface area contributed by atoms with Gasteiger partial charge in [0.15, 0.2) is 5.60 Å². The van der Waals surface area contributed by atoms with Gasteiger partial charge in [-0.05, 0) is 84.3 Å². The van der Waals surface area contributed by atoms with Crippen LogP contribution in [0.4, 0.5) is 0 Å². The number of rotatable bonds is 11. The van der Waals surface area contributed by atoms with E-state index in [9.17, 15) is 24.9 Å². The van der Waals surface area contributed by atoms with E-state index in [-0.39, 0.29) is 22.6 Å². The molecule has 0 aliphatic carbocycles. The van der Waals surface area contributed by atoms with E-state index in [1.54, 1.807) is 30.3 Å². The maximum Gasteiger partial charge on any atom is 0.340 e. The van der Waals surface area contributed by atoms with Crippen molar-refractivity contribution in [2.75, 3.05) is 0 Å². The molecule has 0 aromatic heterocycles. The minimum Gasteiger partial charge on any atom is -0.508 e. The Kier molecular flexibility index (Phi) is 8.34. The van der Waals surface area contributed by atoms with Crippen molar-refractivity contribution in [3.63, 3.8) is 0 Å². The number of esters is 1. The molecule has 1 aliphatic rings. The maximum absolute atomic E-state index is 13.6. The van der Waals surface area contributed by atoms with Crippen LogP contribution in [-0.2, 0) is 36.0 Å². The van der Waals surface area contributed by atoms with Gasteiger partial charge in [-0.25, -0.2) is 9.59 Å². The van der Waals surface area contributed by atoms with Gasteiger partial charge in [0.25, 0.3) is 0 Å². The molecule has 0 saturated heterocycles. The van der Waals surface area contributed by atoms with Crippen LogP contribution in [0.25, 0.3) is 0 Å². The molecule has 206 valence electrons. The molecular weight excluding hydrogens is 492 g/mol. The molecule has 4 rings (SSSR count). The predicted octanol–water partition coefficient (Wildman–Crippen LogP) is 7.07. The van der Waals surface area contributed by atoms with Gasteiger partial charge in [-0.3, -0.25) is 0 Å². The number of aromatic carboxylic acids is 1. The summed E-state index contributed by atoms with van der Waals surface area (Å²) in [4.78, 5) is 25.4. The number of hydrogen-bond donors (Lipinski definition) is 3. The highest BCUT2D eigenvalue weighted by Gasteiger charge is 2.51. The molecule has 0 amide bonds. The third kappa shape index (κ3) is 5.00. The minimum atomic E-state index is -1.46. The fourth-order valence-corrected chi connectivity index (χ4v) is 6.08. The number of phenols is 2. The lowest BCUT2D eigenvalue weighted by molar-refractivity contribution is 0.0244. The molecule has 0 unspecified atom stereocenters. The van der Waals surface area contributed by atoms with E-state index < -0.39 is 17.5 Å². The number of aryl methyl sites for hydroxylation is 2. The number of hydrogen-bond acceptors (Lipinski definition) is 5. The summed E-state index contributed by atoms with van der Waals surface area (Å²) < 4.78 is 6.42. The molecule has 1 aliphatic heterocycles. The monoisotopic (exact) mass is 530 g/mol. The zero-order valence-electron chi connectivity index (χ0n) is 23.3. The quantitative estimate of drug-likeness (QED) is 0.229. The first-order chi connectivity index (χ1) is 18.7. The van der Waals surface area contributed by atoms with Gasteiger partial charge in [-0.1, -0.05) is 59.4 Å². The molecule has 6 nitrogen and oxygen atoms in total. The van der Waals surface area contributed by atoms with Crippen molar-refractivity contribution in [1.29, 1.82) is 0 Å². The normalized spacial score (nSPS) is 13.8. The van der Waals surface area contributed by atoms with Gasteiger partial charge in [-0.15, -0.1) is 0 Å². The third-order valence-electron chi connectivity index (χ3n) is 7.56. The lowest BCUT2D eigenvalue weighted by Crippen LogP contribution is -2.33. The van der Waals surface area contributed by atoms with Crippen LogP contribution in [0.2, 0.25) is 0 Å². The van der Waals surface area contributed by atoms with E-state index in [2.05, 4.69) is 27.7 Å². The smallest absolute Gasteiger partial charge is 0.340 e. The molecule has 1 heterocycles. The Morgan fingerprint density at radius 3 is 1.64 bits per heavy atom. The van der Waals surface area contributed by atoms with Crippen LogP contribution in [0.3, 0.4) is 0 Å². The van der Waals surface area contributed by atoms with Gasteiger partial charge in [0.1, 0.15) is 11.5 Å². The van der Waals surface area contributed by atoms with Gasteiger partial charge in [0.2, 0.25) is 0 Å². The SMILES string of the molecule is CCCc1cc(O)cc(C2(c3cc(O)cc(CCC)c3CCC)OC(=O)c3cc(C(=O)O)ccc32)c1CCC. The van der Waals surface area contributed by atoms with Gasteiger partial charge in [0.05, 0.1) is 11.1 Å². The highest BCUT2D eigenvalue weighted by molar-refractivity contribution is 5.99. The Hall–Kier alpha value is -3.80. The molecule has 0 atom stereocenters. The molecule has 0 radical (unpaired) electrons. The van der Waals surface area contributed by atoms with Crippen molar-refractivity contribution in [2.45, 2.75) is 84.7 Å². The lowest BCUT2D eigenvalue weighted by atomic mass is 9.73. The summed E-state index contributed by atoms with van der Waals surface area (Å²) in [6.07, 6.45) is 6.33. The van der Waals surface area contributed by atoms with Crippen LogP contribution in [0.15, 0.2) is 42.5 Å². The third-order valence-corrected chi connectivity index (χ3v) is 7.56. The summed E-state index contributed by atoms with van der Waals surface area (Å²) in [5.74, 6) is -1.61. The molecule has 3 N–H and O–H groups in total. The molecule has 0 fully saturated rings. The molecule has 39 heavy (non-hydrogen) atoms. The Bertz CT molecular complexity index is 1340. The molecule has 0 saturated carbocycles. The molecule has 0 bridgehead atoms. The molecular formula is C33H38O6. The van der Waals surface area contributed by atoms with Crippen LogP contribution in [-0.4, -0.2) is 27.3 Å². The number of carbonyl (C=O) groups excluding carboxylic acids is 1. The number of benzene rings is 3. The van der Waals surface area contributed by atoms with Crippen LogP contribution in [0.5, 0.6) is 11.5 Å². The van der Waals surface area contributed by atoms with Crippen LogP contribution >= 0.6 is 0 Å². The fourth-order valence-electron chi connectivity index (χ4n) is 6.08. The van der Waals surface area contributed by atoms with E-state index in [0.717, 1.165) is 60.8 Å². The fraction of sp³-hybridized carbons (Fsp3) is 0.394. The van der Waals surface area contributed by atoms with Crippen molar-refractivity contribution in [2.24, 2.45) is 0 Å². The number of carbonyl (C=O) groups is 2. The zero-order valence-corrected chi connectivity index (χ0v) is 23.3. The predicted molar refractivity (Wildman–Crippen MR) is 151 cm³/mol. The highest BCUT2D eigenvalue weighted by Crippen LogP contribution is 2.52. The van der Waals surface area contributed by atoms with Crippen molar-refractivity contribution < 1.29 is 29.6 Å². The van der Waals surface area contributed by atoms with E-state index in [0.29, 0.717) is 29.5 Å². The summed E-state index contributed by atoms with van der Waals surface area (Å²) in [6, 6.07) is 11.4. The van der Waals surface area contributed by atoms with Crippen LogP contribution < -0.4 is 0 Å². The van der Waals surface area contributed by atoms with Crippen molar-refractivity contribution in [3.05, 3.63) is 92.5 Å². The Balaban J connectivity index is 2.21. The van der Waals surface area contributed by atoms with Gasteiger partial charge < -0.3 is 20.1 Å². The number of cyclic esters (lactones) is 1. The largest absolute Gasteiger partial charge is 0.508 e. The number of aromatic hydroxyl groups is 2. The van der Waals surface area contributed by atoms with Gasteiger partial charge >= 0.3 is 11.9 Å². The number of carboxylic acid groups (broad SMARTS) is 1. The summed E-state index contributed by atoms with van der Waals surface area (Å²) in [7, 11) is 0. The van der Waals surface area contributed by atoms with E-state index in [1.165, 1.54) is 12.1 Å². The van der Waals surface area contributed by atoms with Crippen molar-refractivity contribution >= 4 is 11.9 Å². The van der Waals surface area contributed by atoms with E-state index in [1.807, 2.05) is 0 Å².